The second-order valence-corrected chi connectivity index (χ2v) is 6.62. The van der Waals surface area contributed by atoms with Gasteiger partial charge in [-0.05, 0) is 46.4 Å². The van der Waals surface area contributed by atoms with Crippen molar-refractivity contribution in [2.45, 2.75) is 6.92 Å². The molecule has 0 radical (unpaired) electrons. The lowest BCUT2D eigenvalue weighted by Gasteiger charge is -2.18. The topological polar surface area (TPSA) is 30.2 Å². The van der Waals surface area contributed by atoms with Gasteiger partial charge in [-0.2, -0.15) is 0 Å². The maximum absolute atomic E-state index is 12.2. The van der Waals surface area contributed by atoms with E-state index in [2.05, 4.69) is 36.4 Å². The zero-order valence-electron chi connectivity index (χ0n) is 15.6. The summed E-state index contributed by atoms with van der Waals surface area (Å²) in [6.07, 6.45) is 0. The number of rotatable bonds is 4. The van der Waals surface area contributed by atoms with Crippen LogP contribution in [0.4, 0.5) is 0 Å². The molecule has 0 aliphatic carbocycles. The highest BCUT2D eigenvalue weighted by molar-refractivity contribution is 6.04. The van der Waals surface area contributed by atoms with Gasteiger partial charge in [-0.25, -0.2) is 4.79 Å². The van der Waals surface area contributed by atoms with Gasteiger partial charge in [-0.1, -0.05) is 91.0 Å². The Kier molecular flexibility index (Phi) is 5.03. The first-order valence-electron chi connectivity index (χ1n) is 9.25. The molecule has 2 heteroatoms. The molecule has 0 saturated heterocycles. The number of hydrogen-bond acceptors (Lipinski definition) is 2. The first-order chi connectivity index (χ1) is 13.7. The van der Waals surface area contributed by atoms with E-state index in [-0.39, 0.29) is 5.63 Å². The summed E-state index contributed by atoms with van der Waals surface area (Å²) in [5, 5.41) is 0. The highest BCUT2D eigenvalue weighted by Gasteiger charge is 2.17. The van der Waals surface area contributed by atoms with Gasteiger partial charge in [0, 0.05) is 6.07 Å². The van der Waals surface area contributed by atoms with Gasteiger partial charge in [0.25, 0.3) is 0 Å². The average molecular weight is 364 g/mol. The number of hydrogen-bond donors (Lipinski definition) is 0. The van der Waals surface area contributed by atoms with Crippen LogP contribution in [0.25, 0.3) is 11.1 Å². The maximum Gasteiger partial charge on any atom is 0.336 e. The van der Waals surface area contributed by atoms with E-state index in [9.17, 15) is 4.79 Å². The SMILES string of the molecule is Cc1cc(C(=C(c2ccccc2)c2ccccc2)c2ccccc2)cc(=O)o1. The fraction of sp³-hybridized carbons (Fsp3) is 0.0385. The Morgan fingerprint density at radius 3 is 1.36 bits per heavy atom. The summed E-state index contributed by atoms with van der Waals surface area (Å²) in [7, 11) is 0. The molecule has 0 amide bonds. The summed E-state index contributed by atoms with van der Waals surface area (Å²) >= 11 is 0. The van der Waals surface area contributed by atoms with Crippen molar-refractivity contribution in [1.29, 1.82) is 0 Å². The normalized spacial score (nSPS) is 10.5. The van der Waals surface area contributed by atoms with E-state index in [1.807, 2.05) is 60.7 Å². The highest BCUT2D eigenvalue weighted by Crippen LogP contribution is 2.36. The molecule has 0 atom stereocenters. The molecule has 4 aromatic rings. The van der Waals surface area contributed by atoms with Crippen LogP contribution in [0, 0.1) is 6.92 Å². The Bertz CT molecular complexity index is 1110. The van der Waals surface area contributed by atoms with Crippen molar-refractivity contribution in [3.63, 3.8) is 0 Å². The molecule has 1 aromatic heterocycles. The second kappa shape index (κ2) is 7.93. The van der Waals surface area contributed by atoms with Crippen molar-refractivity contribution in [2.24, 2.45) is 0 Å². The van der Waals surface area contributed by atoms with Gasteiger partial charge < -0.3 is 4.42 Å². The minimum atomic E-state index is -0.344. The molecular formula is C26H20O2. The van der Waals surface area contributed by atoms with Crippen molar-refractivity contribution < 1.29 is 4.42 Å². The predicted molar refractivity (Wildman–Crippen MR) is 114 cm³/mol. The molecule has 4 rings (SSSR count). The first-order valence-corrected chi connectivity index (χ1v) is 9.25. The fourth-order valence-corrected chi connectivity index (χ4v) is 3.47. The van der Waals surface area contributed by atoms with Gasteiger partial charge in [0.1, 0.15) is 5.76 Å². The molecule has 0 saturated carbocycles. The zero-order chi connectivity index (χ0) is 19.3. The van der Waals surface area contributed by atoms with Crippen LogP contribution in [0.2, 0.25) is 0 Å². The van der Waals surface area contributed by atoms with E-state index in [1.165, 1.54) is 0 Å². The van der Waals surface area contributed by atoms with Crippen molar-refractivity contribution in [3.8, 4) is 0 Å². The van der Waals surface area contributed by atoms with Gasteiger partial charge in [-0.15, -0.1) is 0 Å². The molecule has 0 bridgehead atoms. The van der Waals surface area contributed by atoms with Crippen LogP contribution in [-0.2, 0) is 0 Å². The highest BCUT2D eigenvalue weighted by atomic mass is 16.4. The lowest BCUT2D eigenvalue weighted by molar-refractivity contribution is 0.479. The van der Waals surface area contributed by atoms with E-state index in [4.69, 9.17) is 4.42 Å². The Balaban J connectivity index is 2.13. The summed E-state index contributed by atoms with van der Waals surface area (Å²) in [6.45, 7) is 1.80. The molecule has 0 aliphatic rings. The fourth-order valence-electron chi connectivity index (χ4n) is 3.47. The first kappa shape index (κ1) is 17.7. The van der Waals surface area contributed by atoms with E-state index < -0.39 is 0 Å². The molecule has 136 valence electrons. The van der Waals surface area contributed by atoms with Gasteiger partial charge in [0.15, 0.2) is 0 Å². The summed E-state index contributed by atoms with van der Waals surface area (Å²) in [5.41, 5.74) is 5.84. The molecule has 0 fully saturated rings. The van der Waals surface area contributed by atoms with Crippen LogP contribution < -0.4 is 5.63 Å². The second-order valence-electron chi connectivity index (χ2n) is 6.62. The molecule has 0 spiro atoms. The van der Waals surface area contributed by atoms with Crippen LogP contribution in [0.1, 0.15) is 28.0 Å². The number of aryl methyl sites for hydroxylation is 1. The average Bonchev–Trinajstić information content (AvgIpc) is 2.73. The van der Waals surface area contributed by atoms with E-state index in [0.717, 1.165) is 33.4 Å². The van der Waals surface area contributed by atoms with Gasteiger partial charge in [0.05, 0.1) is 0 Å². The summed E-state index contributed by atoms with van der Waals surface area (Å²) in [5.74, 6) is 0.594. The van der Waals surface area contributed by atoms with Crippen molar-refractivity contribution in [1.82, 2.24) is 0 Å². The summed E-state index contributed by atoms with van der Waals surface area (Å²) < 4.78 is 5.22. The molecule has 28 heavy (non-hydrogen) atoms. The lowest BCUT2D eigenvalue weighted by atomic mass is 9.86. The minimum Gasteiger partial charge on any atom is -0.428 e. The smallest absolute Gasteiger partial charge is 0.336 e. The molecule has 0 unspecified atom stereocenters. The molecule has 1 heterocycles. The van der Waals surface area contributed by atoms with Crippen molar-refractivity contribution in [2.75, 3.05) is 0 Å². The van der Waals surface area contributed by atoms with Crippen LogP contribution in [-0.4, -0.2) is 0 Å². The largest absolute Gasteiger partial charge is 0.428 e. The Morgan fingerprint density at radius 1 is 0.571 bits per heavy atom. The van der Waals surface area contributed by atoms with E-state index in [0.29, 0.717) is 5.76 Å². The van der Waals surface area contributed by atoms with Crippen molar-refractivity contribution in [3.05, 3.63) is 142 Å². The third kappa shape index (κ3) is 3.72. The summed E-state index contributed by atoms with van der Waals surface area (Å²) in [6, 6.07) is 34.2. The van der Waals surface area contributed by atoms with E-state index in [1.54, 1.807) is 13.0 Å². The predicted octanol–water partition coefficient (Wildman–Crippen LogP) is 5.96. The maximum atomic E-state index is 12.2. The Morgan fingerprint density at radius 2 is 0.964 bits per heavy atom. The third-order valence-corrected chi connectivity index (χ3v) is 4.62. The zero-order valence-corrected chi connectivity index (χ0v) is 15.6. The molecular weight excluding hydrogens is 344 g/mol. The van der Waals surface area contributed by atoms with Gasteiger partial charge >= 0.3 is 5.63 Å². The van der Waals surface area contributed by atoms with Crippen LogP contribution in [0.15, 0.2) is 112 Å². The molecule has 0 N–H and O–H groups in total. The van der Waals surface area contributed by atoms with E-state index >= 15 is 0 Å². The molecule has 3 aromatic carbocycles. The summed E-state index contributed by atoms with van der Waals surface area (Å²) in [4.78, 5) is 12.2. The minimum absolute atomic E-state index is 0.344. The molecule has 2 nitrogen and oxygen atoms in total. The van der Waals surface area contributed by atoms with Crippen LogP contribution in [0.5, 0.6) is 0 Å². The van der Waals surface area contributed by atoms with Crippen LogP contribution >= 0.6 is 0 Å². The Labute approximate surface area is 164 Å². The quantitative estimate of drug-likeness (QED) is 0.419. The third-order valence-electron chi connectivity index (χ3n) is 4.62. The Hall–Kier alpha value is -3.65. The number of benzene rings is 3. The van der Waals surface area contributed by atoms with Crippen LogP contribution in [0.3, 0.4) is 0 Å². The van der Waals surface area contributed by atoms with Crippen molar-refractivity contribution >= 4 is 11.1 Å². The lowest BCUT2D eigenvalue weighted by Crippen LogP contribution is -2.03. The molecule has 0 aliphatic heterocycles. The standard InChI is InChI=1S/C26H20O2/c1-19-17-23(18-24(27)28-19)26(22-15-9-4-10-16-22)25(20-11-5-2-6-12-20)21-13-7-3-8-14-21/h2-18H,1H3. The van der Waals surface area contributed by atoms with Gasteiger partial charge in [-0.3, -0.25) is 0 Å². The van der Waals surface area contributed by atoms with Gasteiger partial charge in [0.2, 0.25) is 0 Å². The monoisotopic (exact) mass is 364 g/mol.